The predicted molar refractivity (Wildman–Crippen MR) is 109 cm³/mol. The van der Waals surface area contributed by atoms with Gasteiger partial charge in [0.2, 0.25) is 5.91 Å². The number of hydrogen-bond acceptors (Lipinski definition) is 4. The summed E-state index contributed by atoms with van der Waals surface area (Å²) in [4.78, 5) is 18.6. The van der Waals surface area contributed by atoms with Crippen molar-refractivity contribution < 1.29 is 23.1 Å². The van der Waals surface area contributed by atoms with E-state index in [0.29, 0.717) is 43.9 Å². The molecule has 0 spiro atoms. The lowest BCUT2D eigenvalue weighted by Crippen LogP contribution is -2.46. The smallest absolute Gasteiger partial charge is 0.389 e. The number of hydrogen-bond donors (Lipinski definition) is 2. The Labute approximate surface area is 172 Å². The molecule has 1 amide bonds. The third kappa shape index (κ3) is 4.48. The van der Waals surface area contributed by atoms with Crippen molar-refractivity contribution in [2.75, 3.05) is 23.3 Å². The van der Waals surface area contributed by atoms with Crippen LogP contribution >= 0.6 is 0 Å². The van der Waals surface area contributed by atoms with Crippen LogP contribution in [0.5, 0.6) is 0 Å². The molecule has 0 radical (unpaired) electrons. The molecular weight excluding hydrogens is 395 g/mol. The number of nitrogens with one attached hydrogen (secondary N) is 1. The minimum Gasteiger partial charge on any atom is -0.389 e. The number of aliphatic hydroxyl groups is 1. The number of carbonyl (C=O) groups excluding carboxylic acids is 1. The molecule has 1 saturated heterocycles. The highest BCUT2D eigenvalue weighted by Crippen LogP contribution is 2.33. The number of alkyl halides is 3. The molecule has 4 rings (SSSR count). The Kier molecular flexibility index (Phi) is 5.27. The molecular formula is C22H22F3N3O2. The molecule has 0 aliphatic carbocycles. The SMILES string of the molecule is O=C(CC1(O)CCN(c2ccc(C(F)(F)F)cc2)CC1)Nc1ccc2c(c1)C=NC2. The fraction of sp³-hybridized carbons (Fsp3) is 0.364. The molecule has 0 atom stereocenters. The number of halogens is 3. The topological polar surface area (TPSA) is 64.9 Å². The van der Waals surface area contributed by atoms with Crippen molar-refractivity contribution in [3.63, 3.8) is 0 Å². The maximum atomic E-state index is 12.7. The van der Waals surface area contributed by atoms with Crippen LogP contribution in [0.3, 0.4) is 0 Å². The predicted octanol–water partition coefficient (Wildman–Crippen LogP) is 4.00. The third-order valence-corrected chi connectivity index (χ3v) is 5.67. The highest BCUT2D eigenvalue weighted by Gasteiger charge is 2.35. The van der Waals surface area contributed by atoms with E-state index in [1.807, 2.05) is 23.1 Å². The summed E-state index contributed by atoms with van der Waals surface area (Å²) >= 11 is 0. The van der Waals surface area contributed by atoms with Gasteiger partial charge in [0.25, 0.3) is 0 Å². The summed E-state index contributed by atoms with van der Waals surface area (Å²) in [6.45, 7) is 1.58. The van der Waals surface area contributed by atoms with E-state index in [-0.39, 0.29) is 12.3 Å². The molecule has 2 aromatic carbocycles. The molecule has 30 heavy (non-hydrogen) atoms. The molecule has 0 bridgehead atoms. The number of carbonyl (C=O) groups is 1. The van der Waals surface area contributed by atoms with Gasteiger partial charge in [0, 0.05) is 30.7 Å². The quantitative estimate of drug-likeness (QED) is 0.791. The van der Waals surface area contributed by atoms with Gasteiger partial charge >= 0.3 is 6.18 Å². The molecule has 0 aromatic heterocycles. The maximum Gasteiger partial charge on any atom is 0.416 e. The maximum absolute atomic E-state index is 12.7. The van der Waals surface area contributed by atoms with Crippen LogP contribution < -0.4 is 10.2 Å². The molecule has 2 aromatic rings. The van der Waals surface area contributed by atoms with Crippen LogP contribution in [-0.2, 0) is 17.5 Å². The van der Waals surface area contributed by atoms with Crippen molar-refractivity contribution >= 4 is 23.5 Å². The van der Waals surface area contributed by atoms with Crippen molar-refractivity contribution in [3.8, 4) is 0 Å². The number of benzene rings is 2. The van der Waals surface area contributed by atoms with Gasteiger partial charge in [-0.25, -0.2) is 0 Å². The normalized spacial score (nSPS) is 17.7. The van der Waals surface area contributed by atoms with Gasteiger partial charge in [-0.15, -0.1) is 0 Å². The van der Waals surface area contributed by atoms with E-state index in [4.69, 9.17) is 0 Å². The summed E-state index contributed by atoms with van der Waals surface area (Å²) in [6, 6.07) is 10.6. The van der Waals surface area contributed by atoms with E-state index in [9.17, 15) is 23.1 Å². The summed E-state index contributed by atoms with van der Waals surface area (Å²) < 4.78 is 38.1. The average molecular weight is 417 g/mol. The summed E-state index contributed by atoms with van der Waals surface area (Å²) in [5.74, 6) is -0.268. The number of rotatable bonds is 4. The summed E-state index contributed by atoms with van der Waals surface area (Å²) in [5, 5.41) is 13.7. The Bertz CT molecular complexity index is 963. The van der Waals surface area contributed by atoms with Crippen LogP contribution in [0.15, 0.2) is 47.5 Å². The van der Waals surface area contributed by atoms with Gasteiger partial charge in [0.15, 0.2) is 0 Å². The minimum absolute atomic E-state index is 0.0287. The fourth-order valence-electron chi connectivity index (χ4n) is 3.90. The van der Waals surface area contributed by atoms with Gasteiger partial charge < -0.3 is 15.3 Å². The lowest BCUT2D eigenvalue weighted by Gasteiger charge is -2.39. The zero-order valence-electron chi connectivity index (χ0n) is 16.2. The van der Waals surface area contributed by atoms with Gasteiger partial charge in [-0.05, 0) is 60.4 Å². The molecule has 1 fully saturated rings. The Morgan fingerprint density at radius 3 is 2.50 bits per heavy atom. The average Bonchev–Trinajstić information content (AvgIpc) is 3.15. The molecule has 0 saturated carbocycles. The molecule has 5 nitrogen and oxygen atoms in total. The van der Waals surface area contributed by atoms with Gasteiger partial charge in [-0.2, -0.15) is 13.2 Å². The van der Waals surface area contributed by atoms with Crippen molar-refractivity contribution in [3.05, 3.63) is 59.2 Å². The van der Waals surface area contributed by atoms with E-state index in [2.05, 4.69) is 10.3 Å². The molecule has 2 heterocycles. The Hall–Kier alpha value is -2.87. The number of nitrogens with zero attached hydrogens (tertiary/aromatic N) is 2. The van der Waals surface area contributed by atoms with E-state index >= 15 is 0 Å². The molecule has 8 heteroatoms. The third-order valence-electron chi connectivity index (χ3n) is 5.67. The lowest BCUT2D eigenvalue weighted by molar-refractivity contribution is -0.137. The Balaban J connectivity index is 1.32. The van der Waals surface area contributed by atoms with Crippen LogP contribution in [0.25, 0.3) is 0 Å². The van der Waals surface area contributed by atoms with Gasteiger partial charge in [0.1, 0.15) is 0 Å². The first-order valence-electron chi connectivity index (χ1n) is 9.79. The van der Waals surface area contributed by atoms with Crippen LogP contribution in [0.2, 0.25) is 0 Å². The lowest BCUT2D eigenvalue weighted by atomic mass is 9.87. The number of anilines is 2. The molecule has 2 N–H and O–H groups in total. The van der Waals surface area contributed by atoms with Crippen molar-refractivity contribution in [2.24, 2.45) is 4.99 Å². The summed E-state index contributed by atoms with van der Waals surface area (Å²) in [6.07, 6.45) is -1.90. The first-order valence-corrected chi connectivity index (χ1v) is 9.79. The second-order valence-corrected chi connectivity index (χ2v) is 7.86. The molecule has 158 valence electrons. The largest absolute Gasteiger partial charge is 0.416 e. The molecule has 2 aliphatic rings. The zero-order valence-corrected chi connectivity index (χ0v) is 16.2. The number of amides is 1. The van der Waals surface area contributed by atoms with Crippen LogP contribution in [0.1, 0.15) is 36.0 Å². The van der Waals surface area contributed by atoms with Gasteiger partial charge in [0.05, 0.1) is 24.1 Å². The second kappa shape index (κ2) is 7.75. The van der Waals surface area contributed by atoms with Gasteiger partial charge in [-0.3, -0.25) is 9.79 Å². The number of piperidine rings is 1. The molecule has 2 aliphatic heterocycles. The summed E-state index contributed by atoms with van der Waals surface area (Å²) in [7, 11) is 0. The second-order valence-electron chi connectivity index (χ2n) is 7.86. The van der Waals surface area contributed by atoms with E-state index < -0.39 is 17.3 Å². The van der Waals surface area contributed by atoms with Crippen molar-refractivity contribution in [2.45, 2.75) is 37.6 Å². The van der Waals surface area contributed by atoms with Crippen LogP contribution in [0, 0.1) is 0 Å². The van der Waals surface area contributed by atoms with Crippen LogP contribution in [0.4, 0.5) is 24.5 Å². The van der Waals surface area contributed by atoms with Gasteiger partial charge in [-0.1, -0.05) is 6.07 Å². The first kappa shape index (κ1) is 20.4. The Morgan fingerprint density at radius 2 is 1.83 bits per heavy atom. The van der Waals surface area contributed by atoms with Crippen molar-refractivity contribution in [1.82, 2.24) is 0 Å². The fourth-order valence-corrected chi connectivity index (χ4v) is 3.90. The van der Waals surface area contributed by atoms with Crippen molar-refractivity contribution in [1.29, 1.82) is 0 Å². The standard InChI is InChI=1S/C22H22F3N3O2/c23-22(24,25)17-2-5-19(6-3-17)28-9-7-21(30,8-10-28)12-20(29)27-18-4-1-15-13-26-14-16(15)11-18/h1-6,11,14,30H,7-10,12-13H2,(H,27,29). The highest BCUT2D eigenvalue weighted by atomic mass is 19.4. The highest BCUT2D eigenvalue weighted by molar-refractivity contribution is 5.93. The van der Waals surface area contributed by atoms with E-state index in [0.717, 1.165) is 23.3 Å². The monoisotopic (exact) mass is 417 g/mol. The van der Waals surface area contributed by atoms with E-state index in [1.165, 1.54) is 12.1 Å². The zero-order chi connectivity index (χ0) is 21.4. The minimum atomic E-state index is -4.36. The Morgan fingerprint density at radius 1 is 1.13 bits per heavy atom. The first-order chi connectivity index (χ1) is 14.2. The van der Waals surface area contributed by atoms with E-state index in [1.54, 1.807) is 6.21 Å². The number of aliphatic imine (C=N–C) groups is 1. The van der Waals surface area contributed by atoms with Crippen LogP contribution in [-0.4, -0.2) is 35.9 Å². The molecule has 0 unspecified atom stereocenters. The summed E-state index contributed by atoms with van der Waals surface area (Å²) in [5.41, 5.74) is 1.62. The number of fused-ring (bicyclic) bond motifs is 1.